The summed E-state index contributed by atoms with van der Waals surface area (Å²) in [4.78, 5) is 18.5. The van der Waals surface area contributed by atoms with Crippen molar-refractivity contribution in [1.29, 1.82) is 0 Å². The maximum absolute atomic E-state index is 6.39. The first kappa shape index (κ1) is 23.3. The molecule has 0 amide bonds. The van der Waals surface area contributed by atoms with Crippen LogP contribution in [0, 0.1) is 6.92 Å². The fourth-order valence-corrected chi connectivity index (χ4v) is 4.82. The molecule has 0 aliphatic carbocycles. The molecule has 0 unspecified atom stereocenters. The second kappa shape index (κ2) is 9.17. The third-order valence-corrected chi connectivity index (χ3v) is 7.03. The zero-order valence-corrected chi connectivity index (χ0v) is 21.2. The van der Waals surface area contributed by atoms with Crippen LogP contribution in [0.4, 0.5) is 11.5 Å². The van der Waals surface area contributed by atoms with Gasteiger partial charge < -0.3 is 25.3 Å². The Hall–Kier alpha value is -4.84. The Labute approximate surface area is 222 Å². The number of ether oxygens (including phenoxy) is 3. The third-order valence-electron chi connectivity index (χ3n) is 7.03. The van der Waals surface area contributed by atoms with Crippen molar-refractivity contribution in [1.82, 2.24) is 29.5 Å². The van der Waals surface area contributed by atoms with Crippen molar-refractivity contribution < 1.29 is 14.2 Å². The number of aliphatic imine (C=N–C) groups is 1. The number of aryl methyl sites for hydroxylation is 1. The van der Waals surface area contributed by atoms with Gasteiger partial charge in [-0.3, -0.25) is 4.40 Å². The summed E-state index contributed by atoms with van der Waals surface area (Å²) in [6.45, 7) is 3.94. The van der Waals surface area contributed by atoms with Crippen molar-refractivity contribution in [3.8, 4) is 23.0 Å². The van der Waals surface area contributed by atoms with Crippen molar-refractivity contribution in [3.05, 3.63) is 60.7 Å². The lowest BCUT2D eigenvalue weighted by Crippen LogP contribution is -2.35. The largest absolute Gasteiger partial charge is 0.462 e. The monoisotopic (exact) mass is 523 g/mol. The van der Waals surface area contributed by atoms with Gasteiger partial charge in [-0.15, -0.1) is 10.2 Å². The van der Waals surface area contributed by atoms with Crippen molar-refractivity contribution in [3.63, 3.8) is 0 Å². The highest BCUT2D eigenvalue weighted by molar-refractivity contribution is 5.96. The average Bonchev–Trinajstić information content (AvgIpc) is 3.57. The van der Waals surface area contributed by atoms with Crippen LogP contribution in [-0.2, 0) is 9.47 Å². The van der Waals surface area contributed by atoms with E-state index in [1.807, 2.05) is 43.3 Å². The van der Waals surface area contributed by atoms with Gasteiger partial charge in [0.25, 0.3) is 6.02 Å². The molecule has 0 saturated carbocycles. The fraction of sp³-hybridized carbons (Fsp3) is 0.259. The molecule has 1 spiro atoms. The maximum atomic E-state index is 6.39. The van der Waals surface area contributed by atoms with Crippen molar-refractivity contribution >= 4 is 34.1 Å². The number of anilines is 2. The summed E-state index contributed by atoms with van der Waals surface area (Å²) in [6, 6.07) is 13.7. The predicted octanol–water partition coefficient (Wildman–Crippen LogP) is 3.76. The van der Waals surface area contributed by atoms with Crippen molar-refractivity contribution in [2.75, 3.05) is 30.9 Å². The maximum Gasteiger partial charge on any atom is 0.289 e. The lowest BCUT2D eigenvalue weighted by Gasteiger charge is -2.27. The number of aromatic nitrogens is 6. The van der Waals surface area contributed by atoms with Crippen LogP contribution < -0.4 is 15.8 Å². The van der Waals surface area contributed by atoms with E-state index in [4.69, 9.17) is 29.9 Å². The highest BCUT2D eigenvalue weighted by atomic mass is 16.5. The average molecular weight is 524 g/mol. The van der Waals surface area contributed by atoms with Gasteiger partial charge in [-0.2, -0.15) is 0 Å². The number of rotatable bonds is 4. The molecule has 2 aliphatic rings. The predicted molar refractivity (Wildman–Crippen MR) is 145 cm³/mol. The number of nitrogens with two attached hydrogens (primary N) is 1. The Morgan fingerprint density at radius 2 is 1.95 bits per heavy atom. The smallest absolute Gasteiger partial charge is 0.289 e. The Bertz CT molecular complexity index is 1740. The number of benzene rings is 2. The van der Waals surface area contributed by atoms with E-state index in [0.29, 0.717) is 54.8 Å². The van der Waals surface area contributed by atoms with Crippen LogP contribution in [0.2, 0.25) is 0 Å². The number of nitrogens with zero attached hydrogens (tertiary/aromatic N) is 7. The zero-order valence-electron chi connectivity index (χ0n) is 21.2. The van der Waals surface area contributed by atoms with Gasteiger partial charge in [0.15, 0.2) is 11.5 Å². The van der Waals surface area contributed by atoms with Gasteiger partial charge in [-0.1, -0.05) is 0 Å². The van der Waals surface area contributed by atoms with E-state index >= 15 is 0 Å². The second-order valence-electron chi connectivity index (χ2n) is 9.74. The molecule has 3 aromatic heterocycles. The van der Waals surface area contributed by atoms with Gasteiger partial charge >= 0.3 is 0 Å². The molecule has 5 aromatic rings. The van der Waals surface area contributed by atoms with E-state index in [-0.39, 0.29) is 5.54 Å². The minimum absolute atomic E-state index is 0.186. The van der Waals surface area contributed by atoms with Gasteiger partial charge in [0, 0.05) is 35.9 Å². The van der Waals surface area contributed by atoms with Gasteiger partial charge in [0.2, 0.25) is 5.88 Å². The quantitative estimate of drug-likeness (QED) is 0.357. The highest BCUT2D eigenvalue weighted by Crippen LogP contribution is 2.32. The highest BCUT2D eigenvalue weighted by Gasteiger charge is 2.38. The summed E-state index contributed by atoms with van der Waals surface area (Å²) in [5.41, 5.74) is 10.1. The molecular weight excluding hydrogens is 498 g/mol. The number of nitrogen functional groups attached to an aromatic ring is 1. The van der Waals surface area contributed by atoms with Gasteiger partial charge in [-0.05, 0) is 61.7 Å². The first-order valence-electron chi connectivity index (χ1n) is 12.6. The van der Waals surface area contributed by atoms with Crippen LogP contribution in [0.1, 0.15) is 18.4 Å². The molecule has 12 heteroatoms. The Morgan fingerprint density at radius 3 is 2.82 bits per heavy atom. The Balaban J connectivity index is 1.12. The summed E-state index contributed by atoms with van der Waals surface area (Å²) < 4.78 is 19.0. The molecule has 0 radical (unpaired) electrons. The van der Waals surface area contributed by atoms with Gasteiger partial charge in [0.05, 0.1) is 5.52 Å². The van der Waals surface area contributed by atoms with E-state index in [1.165, 1.54) is 0 Å². The minimum atomic E-state index is -0.186. The number of hydrogen-bond donors (Lipinski definition) is 2. The normalized spacial score (nSPS) is 16.4. The topological polar surface area (TPSA) is 147 Å². The number of fused-ring (bicyclic) bond motifs is 2. The van der Waals surface area contributed by atoms with Gasteiger partial charge in [0.1, 0.15) is 36.4 Å². The summed E-state index contributed by atoms with van der Waals surface area (Å²) >= 11 is 0. The molecule has 7 rings (SSSR count). The van der Waals surface area contributed by atoms with Crippen LogP contribution in [-0.4, -0.2) is 60.9 Å². The van der Waals surface area contributed by atoms with E-state index in [2.05, 4.69) is 25.5 Å². The molecule has 12 nitrogen and oxygen atoms in total. The number of nitrogens with one attached hydrogen (secondary N) is 1. The van der Waals surface area contributed by atoms with Crippen molar-refractivity contribution in [2.45, 2.75) is 25.3 Å². The van der Waals surface area contributed by atoms with Crippen LogP contribution in [0.15, 0.2) is 60.1 Å². The molecule has 1 saturated heterocycles. The van der Waals surface area contributed by atoms with Gasteiger partial charge in [-0.25, -0.2) is 19.9 Å². The molecule has 2 aliphatic heterocycles. The standard InChI is InChI=1S/C27H25N9O3/c1-16-10-17(2-5-21(16)39-23-12-22-35-30-15-36(22)14-29-23)25-32-20-4-3-18(11-19(20)24(28)33-25)31-26-34-27(13-38-26)6-8-37-9-7-27/h2-5,10-12,14-15H,6-9,13H2,1H3,(H,31,34)(H2,28,32,33). The second-order valence-corrected chi connectivity index (χ2v) is 9.74. The lowest BCUT2D eigenvalue weighted by atomic mass is 9.92. The Kier molecular flexibility index (Phi) is 5.48. The molecule has 0 bridgehead atoms. The molecule has 1 fully saturated rings. The minimum Gasteiger partial charge on any atom is -0.462 e. The number of amidine groups is 1. The van der Waals surface area contributed by atoms with E-state index in [9.17, 15) is 0 Å². The first-order valence-corrected chi connectivity index (χ1v) is 12.6. The van der Waals surface area contributed by atoms with Crippen LogP contribution in [0.3, 0.4) is 0 Å². The fourth-order valence-electron chi connectivity index (χ4n) is 4.82. The van der Waals surface area contributed by atoms with E-state index < -0.39 is 0 Å². The summed E-state index contributed by atoms with van der Waals surface area (Å²) in [5.74, 6) is 2.01. The molecule has 3 N–H and O–H groups in total. The lowest BCUT2D eigenvalue weighted by molar-refractivity contribution is 0.0442. The van der Waals surface area contributed by atoms with Crippen LogP contribution in [0.5, 0.6) is 11.6 Å². The molecule has 196 valence electrons. The summed E-state index contributed by atoms with van der Waals surface area (Å²) in [5, 5.41) is 11.9. The first-order chi connectivity index (χ1) is 19.0. The van der Waals surface area contributed by atoms with Crippen LogP contribution in [0.25, 0.3) is 27.9 Å². The zero-order chi connectivity index (χ0) is 26.4. The van der Waals surface area contributed by atoms with E-state index in [0.717, 1.165) is 40.6 Å². The van der Waals surface area contributed by atoms with E-state index in [1.54, 1.807) is 23.1 Å². The summed E-state index contributed by atoms with van der Waals surface area (Å²) in [7, 11) is 0. The van der Waals surface area contributed by atoms with Crippen LogP contribution >= 0.6 is 0 Å². The third kappa shape index (κ3) is 4.44. The molecule has 5 heterocycles. The van der Waals surface area contributed by atoms with Crippen molar-refractivity contribution in [2.24, 2.45) is 4.99 Å². The SMILES string of the molecule is Cc1cc(-c2nc(N)c3cc(NC4=NC5(CCOCC5)CO4)ccc3n2)ccc1Oc1cc2nncn2cn1. The molecule has 2 aromatic carbocycles. The molecular formula is C27H25N9O3. The summed E-state index contributed by atoms with van der Waals surface area (Å²) in [6.07, 6.45) is 4.92. The Morgan fingerprint density at radius 1 is 1.05 bits per heavy atom. The molecule has 0 atom stereocenters. The molecule has 39 heavy (non-hydrogen) atoms. The number of hydrogen-bond acceptors (Lipinski definition) is 11.